The summed E-state index contributed by atoms with van der Waals surface area (Å²) in [5, 5.41) is 3.37. The second-order valence-electron chi connectivity index (χ2n) is 5.07. The van der Waals surface area contributed by atoms with E-state index in [2.05, 4.69) is 10.3 Å². The smallest absolute Gasteiger partial charge is 0.358 e. The minimum atomic E-state index is -0.428. The van der Waals surface area contributed by atoms with Gasteiger partial charge in [-0.1, -0.05) is 0 Å². The Morgan fingerprint density at radius 2 is 2.45 bits per heavy atom. The van der Waals surface area contributed by atoms with Crippen LogP contribution in [-0.4, -0.2) is 35.6 Å². The third-order valence-electron chi connectivity index (χ3n) is 3.74. The van der Waals surface area contributed by atoms with Crippen molar-refractivity contribution in [2.75, 3.05) is 25.9 Å². The highest BCUT2D eigenvalue weighted by Crippen LogP contribution is 2.26. The fourth-order valence-corrected chi connectivity index (χ4v) is 2.73. The molecule has 6 nitrogen and oxygen atoms in total. The Labute approximate surface area is 116 Å². The summed E-state index contributed by atoms with van der Waals surface area (Å²) in [7, 11) is 1.36. The first kappa shape index (κ1) is 12.9. The molecule has 0 aliphatic carbocycles. The second-order valence-corrected chi connectivity index (χ2v) is 5.07. The quantitative estimate of drug-likeness (QED) is 0.803. The van der Waals surface area contributed by atoms with Crippen LogP contribution in [0.3, 0.4) is 0 Å². The number of carbonyl (C=O) groups is 1. The number of carbonyl (C=O) groups excluding carboxylic acids is 1. The maximum atomic E-state index is 11.9. The van der Waals surface area contributed by atoms with Crippen LogP contribution in [0.15, 0.2) is 18.3 Å². The van der Waals surface area contributed by atoms with Crippen molar-refractivity contribution in [3.8, 4) is 0 Å². The predicted molar refractivity (Wildman–Crippen MR) is 75.8 cm³/mol. The van der Waals surface area contributed by atoms with Gasteiger partial charge in [0.2, 0.25) is 0 Å². The van der Waals surface area contributed by atoms with Crippen molar-refractivity contribution in [2.24, 2.45) is 0 Å². The lowest BCUT2D eigenvalue weighted by molar-refractivity contribution is 0.0596. The van der Waals surface area contributed by atoms with E-state index in [1.54, 1.807) is 6.07 Å². The Hall–Kier alpha value is -2.08. The number of nitrogens with zero attached hydrogens (tertiary/aromatic N) is 2. The van der Waals surface area contributed by atoms with E-state index in [0.717, 1.165) is 31.8 Å². The Bertz CT molecular complexity index is 644. The average Bonchev–Trinajstić information content (AvgIpc) is 2.86. The number of hydrogen-bond acceptors (Lipinski definition) is 5. The molecule has 0 spiro atoms. The van der Waals surface area contributed by atoms with Gasteiger partial charge in [0.15, 0.2) is 5.69 Å². The summed E-state index contributed by atoms with van der Waals surface area (Å²) in [6, 6.07) is 3.58. The summed E-state index contributed by atoms with van der Waals surface area (Å²) < 4.78 is 6.76. The maximum absolute atomic E-state index is 11.9. The van der Waals surface area contributed by atoms with E-state index in [0.29, 0.717) is 22.8 Å². The van der Waals surface area contributed by atoms with E-state index in [1.807, 2.05) is 16.7 Å². The number of piperidine rings is 1. The normalized spacial score (nSPS) is 19.1. The maximum Gasteiger partial charge on any atom is 0.358 e. The zero-order chi connectivity index (χ0) is 14.1. The van der Waals surface area contributed by atoms with Gasteiger partial charge in [0.05, 0.1) is 12.6 Å². The van der Waals surface area contributed by atoms with E-state index >= 15 is 0 Å². The molecule has 2 aromatic rings. The number of nitrogens with one attached hydrogen (secondary N) is 1. The molecule has 1 aliphatic rings. The van der Waals surface area contributed by atoms with Crippen molar-refractivity contribution in [3.63, 3.8) is 0 Å². The number of imidazole rings is 1. The number of methoxy groups -OCH3 is 1. The van der Waals surface area contributed by atoms with E-state index in [4.69, 9.17) is 10.5 Å². The second kappa shape index (κ2) is 5.13. The third-order valence-corrected chi connectivity index (χ3v) is 3.74. The molecule has 0 aromatic carbocycles. The number of nitrogen functional groups attached to an aromatic ring is 1. The van der Waals surface area contributed by atoms with Crippen molar-refractivity contribution < 1.29 is 9.53 Å². The molecule has 6 heteroatoms. The molecule has 106 valence electrons. The Morgan fingerprint density at radius 1 is 1.60 bits per heavy atom. The van der Waals surface area contributed by atoms with Gasteiger partial charge in [-0.3, -0.25) is 0 Å². The molecule has 3 N–H and O–H groups in total. The number of ether oxygens (including phenoxy) is 1. The van der Waals surface area contributed by atoms with Gasteiger partial charge in [0, 0.05) is 24.3 Å². The van der Waals surface area contributed by atoms with E-state index in [9.17, 15) is 4.79 Å². The van der Waals surface area contributed by atoms with Crippen molar-refractivity contribution in [1.82, 2.24) is 14.7 Å². The molecule has 2 aromatic heterocycles. The molecular weight excluding hydrogens is 256 g/mol. The van der Waals surface area contributed by atoms with E-state index in [1.165, 1.54) is 7.11 Å². The van der Waals surface area contributed by atoms with Crippen LogP contribution >= 0.6 is 0 Å². The number of hydrogen-bond donors (Lipinski definition) is 2. The Kier molecular flexibility index (Phi) is 3.31. The van der Waals surface area contributed by atoms with Crippen LogP contribution in [0.5, 0.6) is 0 Å². The van der Waals surface area contributed by atoms with Crippen LogP contribution in [0.25, 0.3) is 5.52 Å². The summed E-state index contributed by atoms with van der Waals surface area (Å²) in [4.78, 5) is 16.4. The van der Waals surface area contributed by atoms with Gasteiger partial charge in [-0.15, -0.1) is 0 Å². The molecule has 0 radical (unpaired) electrons. The fourth-order valence-electron chi connectivity index (χ4n) is 2.73. The SMILES string of the molecule is COC(=O)c1nc(C2CCCNC2)n2ccc(N)cc12. The zero-order valence-electron chi connectivity index (χ0n) is 11.4. The van der Waals surface area contributed by atoms with Crippen molar-refractivity contribution in [3.05, 3.63) is 29.8 Å². The van der Waals surface area contributed by atoms with Crippen molar-refractivity contribution in [1.29, 1.82) is 0 Å². The fraction of sp³-hybridized carbons (Fsp3) is 0.429. The number of esters is 1. The van der Waals surface area contributed by atoms with E-state index in [-0.39, 0.29) is 0 Å². The van der Waals surface area contributed by atoms with Crippen LogP contribution in [0.4, 0.5) is 5.69 Å². The first-order chi connectivity index (χ1) is 9.70. The minimum absolute atomic E-state index is 0.304. The lowest BCUT2D eigenvalue weighted by Crippen LogP contribution is -2.29. The highest BCUT2D eigenvalue weighted by molar-refractivity contribution is 5.95. The number of fused-ring (bicyclic) bond motifs is 1. The predicted octanol–water partition coefficient (Wildman–Crippen LogP) is 1.17. The average molecular weight is 274 g/mol. The Morgan fingerprint density at radius 3 is 3.15 bits per heavy atom. The van der Waals surface area contributed by atoms with Crippen LogP contribution in [-0.2, 0) is 4.74 Å². The summed E-state index contributed by atoms with van der Waals surface area (Å²) in [6.07, 6.45) is 4.05. The largest absolute Gasteiger partial charge is 0.464 e. The van der Waals surface area contributed by atoms with Crippen molar-refractivity contribution >= 4 is 17.2 Å². The van der Waals surface area contributed by atoms with Crippen LogP contribution < -0.4 is 11.1 Å². The van der Waals surface area contributed by atoms with E-state index < -0.39 is 5.97 Å². The lowest BCUT2D eigenvalue weighted by atomic mass is 9.99. The van der Waals surface area contributed by atoms with Gasteiger partial charge in [-0.25, -0.2) is 9.78 Å². The highest BCUT2D eigenvalue weighted by Gasteiger charge is 2.24. The zero-order valence-corrected chi connectivity index (χ0v) is 11.4. The number of pyridine rings is 1. The standard InChI is InChI=1S/C14H18N4O2/c1-20-14(19)12-11-7-10(15)4-6-18(11)13(17-12)9-3-2-5-16-8-9/h4,6-7,9,16H,2-3,5,8,15H2,1H3. The number of rotatable bonds is 2. The van der Waals surface area contributed by atoms with Crippen molar-refractivity contribution in [2.45, 2.75) is 18.8 Å². The molecule has 1 unspecified atom stereocenters. The molecular formula is C14H18N4O2. The van der Waals surface area contributed by atoms with Gasteiger partial charge in [-0.05, 0) is 31.5 Å². The summed E-state index contributed by atoms with van der Waals surface area (Å²) in [5.74, 6) is 0.772. The molecule has 1 saturated heterocycles. The molecule has 3 heterocycles. The molecule has 3 rings (SSSR count). The molecule has 1 atom stereocenters. The van der Waals surface area contributed by atoms with Gasteiger partial charge in [-0.2, -0.15) is 0 Å². The molecule has 20 heavy (non-hydrogen) atoms. The van der Waals surface area contributed by atoms with Gasteiger partial charge in [0.25, 0.3) is 0 Å². The molecule has 0 saturated carbocycles. The lowest BCUT2D eigenvalue weighted by Gasteiger charge is -2.21. The molecule has 1 fully saturated rings. The summed E-state index contributed by atoms with van der Waals surface area (Å²) in [6.45, 7) is 1.92. The summed E-state index contributed by atoms with van der Waals surface area (Å²) in [5.41, 5.74) is 7.46. The van der Waals surface area contributed by atoms with Crippen LogP contribution in [0.1, 0.15) is 35.1 Å². The number of anilines is 1. The van der Waals surface area contributed by atoms with Gasteiger partial charge < -0.3 is 20.2 Å². The first-order valence-electron chi connectivity index (χ1n) is 6.77. The van der Waals surface area contributed by atoms with Crippen LogP contribution in [0, 0.1) is 0 Å². The first-order valence-corrected chi connectivity index (χ1v) is 6.77. The highest BCUT2D eigenvalue weighted by atomic mass is 16.5. The topological polar surface area (TPSA) is 81.6 Å². The molecule has 1 aliphatic heterocycles. The molecule has 0 bridgehead atoms. The van der Waals surface area contributed by atoms with Gasteiger partial charge in [0.1, 0.15) is 5.82 Å². The minimum Gasteiger partial charge on any atom is -0.464 e. The molecule has 0 amide bonds. The summed E-state index contributed by atoms with van der Waals surface area (Å²) >= 11 is 0. The van der Waals surface area contributed by atoms with Gasteiger partial charge >= 0.3 is 5.97 Å². The number of aromatic nitrogens is 2. The van der Waals surface area contributed by atoms with Crippen LogP contribution in [0.2, 0.25) is 0 Å². The Balaban J connectivity index is 2.14. The number of nitrogens with two attached hydrogens (primary N) is 1. The monoisotopic (exact) mass is 274 g/mol. The third kappa shape index (κ3) is 2.12.